The Morgan fingerprint density at radius 2 is 2.09 bits per heavy atom. The van der Waals surface area contributed by atoms with Crippen molar-refractivity contribution in [2.24, 2.45) is 5.92 Å². The Hall–Kier alpha value is -2.08. The lowest BCUT2D eigenvalue weighted by molar-refractivity contribution is -0.00444. The molecule has 4 rings (SSSR count). The number of benzene rings is 1. The Labute approximate surface area is 134 Å². The van der Waals surface area contributed by atoms with Crippen LogP contribution in [0, 0.1) is 5.92 Å². The van der Waals surface area contributed by atoms with E-state index in [0.29, 0.717) is 30.2 Å². The molecule has 2 aromatic rings. The van der Waals surface area contributed by atoms with Crippen LogP contribution in [0.25, 0.3) is 11.5 Å². The van der Waals surface area contributed by atoms with Crippen molar-refractivity contribution >= 4 is 0 Å². The van der Waals surface area contributed by atoms with Gasteiger partial charge in [0.2, 0.25) is 18.6 Å². The molecule has 2 atom stereocenters. The summed E-state index contributed by atoms with van der Waals surface area (Å²) in [5, 5.41) is 8.17. The lowest BCUT2D eigenvalue weighted by Gasteiger charge is -2.26. The van der Waals surface area contributed by atoms with E-state index in [1.807, 2.05) is 18.2 Å². The second-order valence-electron chi connectivity index (χ2n) is 6.27. The average Bonchev–Trinajstić information content (AvgIpc) is 3.21. The lowest BCUT2D eigenvalue weighted by atomic mass is 9.89. The quantitative estimate of drug-likeness (QED) is 0.859. The Morgan fingerprint density at radius 3 is 3.00 bits per heavy atom. The first-order chi connectivity index (χ1) is 11.3. The molecule has 2 aliphatic rings. The van der Waals surface area contributed by atoms with Crippen LogP contribution in [0.4, 0.5) is 0 Å². The summed E-state index contributed by atoms with van der Waals surface area (Å²) in [6.07, 6.45) is 5.07. The number of hydrogen-bond acceptors (Lipinski definition) is 6. The van der Waals surface area contributed by atoms with E-state index in [9.17, 15) is 0 Å². The summed E-state index contributed by atoms with van der Waals surface area (Å²) in [4.78, 5) is 0. The van der Waals surface area contributed by atoms with E-state index >= 15 is 0 Å². The Morgan fingerprint density at radius 1 is 1.17 bits per heavy atom. The first kappa shape index (κ1) is 14.5. The maximum atomic E-state index is 5.92. The van der Waals surface area contributed by atoms with Crippen LogP contribution >= 0.6 is 0 Å². The zero-order valence-electron chi connectivity index (χ0n) is 13.2. The Bertz CT molecular complexity index is 685. The molecule has 6 heteroatoms. The van der Waals surface area contributed by atoms with Crippen molar-refractivity contribution in [1.82, 2.24) is 10.2 Å². The summed E-state index contributed by atoms with van der Waals surface area (Å²) in [5.74, 6) is 3.16. The van der Waals surface area contributed by atoms with E-state index in [4.69, 9.17) is 18.6 Å². The van der Waals surface area contributed by atoms with Crippen LogP contribution in [0.3, 0.4) is 0 Å². The zero-order chi connectivity index (χ0) is 15.6. The molecule has 0 bridgehead atoms. The molecule has 23 heavy (non-hydrogen) atoms. The van der Waals surface area contributed by atoms with E-state index in [2.05, 4.69) is 17.1 Å². The van der Waals surface area contributed by atoms with E-state index in [0.717, 1.165) is 30.1 Å². The summed E-state index contributed by atoms with van der Waals surface area (Å²) in [6.45, 7) is 2.90. The predicted octanol–water partition coefficient (Wildman–Crippen LogP) is 3.56. The van der Waals surface area contributed by atoms with Gasteiger partial charge < -0.3 is 18.6 Å². The zero-order valence-corrected chi connectivity index (χ0v) is 13.2. The molecule has 0 spiro atoms. The van der Waals surface area contributed by atoms with Crippen LogP contribution in [-0.4, -0.2) is 23.1 Å². The van der Waals surface area contributed by atoms with Crippen LogP contribution in [0.1, 0.15) is 38.5 Å². The highest BCUT2D eigenvalue weighted by Gasteiger charge is 2.21. The third-order valence-electron chi connectivity index (χ3n) is 4.42. The molecule has 0 radical (unpaired) electrons. The normalized spacial score (nSPS) is 23.2. The maximum absolute atomic E-state index is 5.92. The van der Waals surface area contributed by atoms with Gasteiger partial charge in [-0.25, -0.2) is 0 Å². The highest BCUT2D eigenvalue weighted by molar-refractivity contribution is 5.60. The van der Waals surface area contributed by atoms with Gasteiger partial charge in [-0.3, -0.25) is 0 Å². The Balaban J connectivity index is 1.40. The van der Waals surface area contributed by atoms with E-state index in [-0.39, 0.29) is 6.79 Å². The van der Waals surface area contributed by atoms with Gasteiger partial charge in [0.05, 0.1) is 6.10 Å². The van der Waals surface area contributed by atoms with Gasteiger partial charge in [-0.1, -0.05) is 19.8 Å². The standard InChI is InChI=1S/C17H20N2O4/c1-11-3-2-4-13(7-11)20-9-16-18-19-17(23-16)12-5-6-14-15(8-12)22-10-21-14/h5-6,8,11,13H,2-4,7,9-10H2,1H3/t11-,13+/m0/s1. The van der Waals surface area contributed by atoms with E-state index in [1.54, 1.807) is 0 Å². The maximum Gasteiger partial charge on any atom is 0.248 e. The largest absolute Gasteiger partial charge is 0.454 e. The number of rotatable bonds is 4. The number of hydrogen-bond donors (Lipinski definition) is 0. The number of ether oxygens (including phenoxy) is 3. The summed E-state index contributed by atoms with van der Waals surface area (Å²) >= 11 is 0. The molecule has 0 unspecified atom stereocenters. The van der Waals surface area contributed by atoms with Gasteiger partial charge in [0.15, 0.2) is 11.5 Å². The van der Waals surface area contributed by atoms with Gasteiger partial charge in [0.25, 0.3) is 0 Å². The monoisotopic (exact) mass is 316 g/mol. The molecular formula is C17H20N2O4. The first-order valence-electron chi connectivity index (χ1n) is 8.12. The van der Waals surface area contributed by atoms with Crippen molar-refractivity contribution in [2.45, 2.75) is 45.3 Å². The SMILES string of the molecule is C[C@H]1CCC[C@@H](OCc2nnc(-c3ccc4c(c3)OCO4)o2)C1. The molecule has 6 nitrogen and oxygen atoms in total. The summed E-state index contributed by atoms with van der Waals surface area (Å²) in [5.41, 5.74) is 0.819. The summed E-state index contributed by atoms with van der Waals surface area (Å²) < 4.78 is 22.3. The molecule has 0 N–H and O–H groups in total. The third kappa shape index (κ3) is 3.17. The molecular weight excluding hydrogens is 296 g/mol. The van der Waals surface area contributed by atoms with Gasteiger partial charge in [0.1, 0.15) is 6.61 Å². The molecule has 1 aromatic carbocycles. The van der Waals surface area contributed by atoms with Crippen molar-refractivity contribution in [3.05, 3.63) is 24.1 Å². The van der Waals surface area contributed by atoms with Gasteiger partial charge in [-0.05, 0) is 37.0 Å². The van der Waals surface area contributed by atoms with Gasteiger partial charge in [-0.15, -0.1) is 10.2 Å². The first-order valence-corrected chi connectivity index (χ1v) is 8.12. The fourth-order valence-electron chi connectivity index (χ4n) is 3.18. The van der Waals surface area contributed by atoms with Gasteiger partial charge in [0, 0.05) is 5.56 Å². The van der Waals surface area contributed by atoms with Crippen molar-refractivity contribution in [3.63, 3.8) is 0 Å². The van der Waals surface area contributed by atoms with E-state index in [1.165, 1.54) is 12.8 Å². The fraction of sp³-hybridized carbons (Fsp3) is 0.529. The molecule has 2 heterocycles. The summed E-state index contributed by atoms with van der Waals surface area (Å²) in [7, 11) is 0. The molecule has 1 aromatic heterocycles. The van der Waals surface area contributed by atoms with Gasteiger partial charge >= 0.3 is 0 Å². The lowest BCUT2D eigenvalue weighted by Crippen LogP contribution is -2.21. The molecule has 0 saturated heterocycles. The predicted molar refractivity (Wildman–Crippen MR) is 82.1 cm³/mol. The minimum atomic E-state index is 0.252. The van der Waals surface area contributed by atoms with Crippen LogP contribution in [0.15, 0.2) is 22.6 Å². The van der Waals surface area contributed by atoms with Gasteiger partial charge in [-0.2, -0.15) is 0 Å². The van der Waals surface area contributed by atoms with Crippen LogP contribution < -0.4 is 9.47 Å². The van der Waals surface area contributed by atoms with Crippen molar-refractivity contribution in [2.75, 3.05) is 6.79 Å². The van der Waals surface area contributed by atoms with Crippen LogP contribution in [0.5, 0.6) is 11.5 Å². The molecule has 1 saturated carbocycles. The molecule has 0 amide bonds. The molecule has 122 valence electrons. The summed E-state index contributed by atoms with van der Waals surface area (Å²) in [6, 6.07) is 5.58. The number of aromatic nitrogens is 2. The van der Waals surface area contributed by atoms with Crippen molar-refractivity contribution in [1.29, 1.82) is 0 Å². The highest BCUT2D eigenvalue weighted by Crippen LogP contribution is 2.35. The second-order valence-corrected chi connectivity index (χ2v) is 6.27. The second kappa shape index (κ2) is 6.20. The fourth-order valence-corrected chi connectivity index (χ4v) is 3.18. The van der Waals surface area contributed by atoms with Crippen molar-refractivity contribution < 1.29 is 18.6 Å². The van der Waals surface area contributed by atoms with Crippen LogP contribution in [-0.2, 0) is 11.3 Å². The molecule has 1 aliphatic heterocycles. The molecule has 1 aliphatic carbocycles. The average molecular weight is 316 g/mol. The van der Waals surface area contributed by atoms with E-state index < -0.39 is 0 Å². The van der Waals surface area contributed by atoms with Crippen molar-refractivity contribution in [3.8, 4) is 23.0 Å². The molecule has 1 fully saturated rings. The highest BCUT2D eigenvalue weighted by atomic mass is 16.7. The smallest absolute Gasteiger partial charge is 0.248 e. The Kier molecular flexibility index (Phi) is 3.91. The minimum absolute atomic E-state index is 0.252. The number of fused-ring (bicyclic) bond motifs is 1. The van der Waals surface area contributed by atoms with Crippen LogP contribution in [0.2, 0.25) is 0 Å². The minimum Gasteiger partial charge on any atom is -0.454 e. The topological polar surface area (TPSA) is 66.6 Å². The number of nitrogens with zero attached hydrogens (tertiary/aromatic N) is 2. The third-order valence-corrected chi connectivity index (χ3v) is 4.42.